The number of anilines is 3. The minimum Gasteiger partial charge on any atom is -0.381 e. The molecule has 53 heavy (non-hydrogen) atoms. The normalized spacial score (nSPS) is 25.5. The molecule has 0 aliphatic carbocycles. The van der Waals surface area contributed by atoms with E-state index in [9.17, 15) is 19.2 Å². The van der Waals surface area contributed by atoms with Gasteiger partial charge in [0.15, 0.2) is 0 Å². The zero-order valence-corrected chi connectivity index (χ0v) is 30.7. The van der Waals surface area contributed by atoms with E-state index in [-0.39, 0.29) is 30.0 Å². The number of benzene rings is 2. The molecule has 4 fully saturated rings. The first-order chi connectivity index (χ1) is 25.7. The SMILES string of the molecule is C[C@@H]1CNc2c(sc3ccc4nc(N5CCC(N6C[C@H]7CN(c8ccc9c(c8)n(C)c(=O)n9C8CCC(=O)NC8=O)C[C@H]7C6)CC5)ccc4c23)C(=O)N1. The Morgan fingerprint density at radius 3 is 2.43 bits per heavy atom. The number of imidazole rings is 1. The van der Waals surface area contributed by atoms with Gasteiger partial charge in [-0.2, -0.15) is 0 Å². The second-order valence-corrected chi connectivity index (χ2v) is 16.7. The molecule has 2 aromatic carbocycles. The number of amides is 3. The molecule has 0 spiro atoms. The number of thiophene rings is 1. The Kier molecular flexibility index (Phi) is 7.59. The summed E-state index contributed by atoms with van der Waals surface area (Å²) in [6, 6.07) is 14.6. The molecule has 0 saturated carbocycles. The summed E-state index contributed by atoms with van der Waals surface area (Å²) in [5.74, 6) is 1.53. The number of rotatable bonds is 4. The van der Waals surface area contributed by atoms with Gasteiger partial charge in [0.25, 0.3) is 5.91 Å². The minimum atomic E-state index is -0.677. The molecule has 3 amide bonds. The average molecular weight is 734 g/mol. The molecular formula is C39H43N9O4S. The van der Waals surface area contributed by atoms with Crippen LogP contribution in [0.4, 0.5) is 17.2 Å². The third-order valence-corrected chi connectivity index (χ3v) is 13.6. The number of hydrogen-bond acceptors (Lipinski definition) is 10. The molecule has 4 atom stereocenters. The largest absolute Gasteiger partial charge is 0.381 e. The van der Waals surface area contributed by atoms with Gasteiger partial charge in [-0.1, -0.05) is 0 Å². The monoisotopic (exact) mass is 733 g/mol. The molecule has 5 aliphatic rings. The molecule has 274 valence electrons. The van der Waals surface area contributed by atoms with Crippen LogP contribution < -0.4 is 31.4 Å². The molecule has 10 rings (SSSR count). The van der Waals surface area contributed by atoms with E-state index in [2.05, 4.69) is 67.0 Å². The number of piperidine rings is 2. The second kappa shape index (κ2) is 12.3. The molecule has 0 radical (unpaired) electrons. The van der Waals surface area contributed by atoms with Gasteiger partial charge < -0.3 is 20.4 Å². The quantitative estimate of drug-likeness (QED) is 0.237. The maximum Gasteiger partial charge on any atom is 0.329 e. The molecule has 5 aliphatic heterocycles. The summed E-state index contributed by atoms with van der Waals surface area (Å²) in [6.07, 6.45) is 2.80. The maximum atomic E-state index is 13.3. The lowest BCUT2D eigenvalue weighted by Gasteiger charge is -2.38. The minimum absolute atomic E-state index is 0.00861. The van der Waals surface area contributed by atoms with E-state index >= 15 is 0 Å². The summed E-state index contributed by atoms with van der Waals surface area (Å²) in [7, 11) is 1.75. The van der Waals surface area contributed by atoms with E-state index in [4.69, 9.17) is 4.98 Å². The van der Waals surface area contributed by atoms with Crippen molar-refractivity contribution < 1.29 is 14.4 Å². The molecule has 1 unspecified atom stereocenters. The molecular weight excluding hydrogens is 691 g/mol. The summed E-state index contributed by atoms with van der Waals surface area (Å²) in [4.78, 5) is 64.0. The van der Waals surface area contributed by atoms with E-state index in [1.165, 1.54) is 0 Å². The van der Waals surface area contributed by atoms with E-state index < -0.39 is 11.9 Å². The van der Waals surface area contributed by atoms with Gasteiger partial charge in [-0.05, 0) is 80.5 Å². The van der Waals surface area contributed by atoms with Gasteiger partial charge in [-0.15, -0.1) is 11.3 Å². The number of fused-ring (bicyclic) bond motifs is 7. The fraction of sp³-hybridized carbons (Fsp3) is 0.462. The van der Waals surface area contributed by atoms with Gasteiger partial charge in [-0.3, -0.25) is 33.7 Å². The Bertz CT molecular complexity index is 2390. The standard InChI is InChI=1S/C39H43N9O4S/c1-21-16-40-35-34-26-4-9-32(42-27(26)5-8-31(34)53-36(35)38(51)41-21)45-13-11-24(12-14-45)46-17-22-19-47(20-23(22)18-46)25-3-6-28-30(15-25)44(2)39(52)48(28)29-7-10-33(49)43-37(29)50/h3-6,8-9,15,21-24,29,40H,7,10-14,16-20H2,1-2H3,(H,41,51)(H,43,49,50)/t21-,22-,23+,29?/m1/s1. The highest BCUT2D eigenvalue weighted by Crippen LogP contribution is 2.42. The summed E-state index contributed by atoms with van der Waals surface area (Å²) in [5.41, 5.74) is 4.29. The van der Waals surface area contributed by atoms with Crippen LogP contribution in [0.15, 0.2) is 47.3 Å². The van der Waals surface area contributed by atoms with Crippen molar-refractivity contribution in [2.75, 3.05) is 60.9 Å². The van der Waals surface area contributed by atoms with Gasteiger partial charge in [0.1, 0.15) is 16.7 Å². The Hall–Kier alpha value is -4.95. The second-order valence-electron chi connectivity index (χ2n) is 15.7. The van der Waals surface area contributed by atoms with Crippen molar-refractivity contribution >= 4 is 78.3 Å². The van der Waals surface area contributed by atoms with Crippen LogP contribution in [0.1, 0.15) is 48.3 Å². The van der Waals surface area contributed by atoms with Gasteiger partial charge in [0.2, 0.25) is 11.8 Å². The Balaban J connectivity index is 0.790. The van der Waals surface area contributed by atoms with Gasteiger partial charge in [0.05, 0.1) is 22.2 Å². The highest BCUT2D eigenvalue weighted by molar-refractivity contribution is 7.21. The third kappa shape index (κ3) is 5.31. The Morgan fingerprint density at radius 1 is 0.868 bits per heavy atom. The number of imide groups is 1. The van der Waals surface area contributed by atoms with Crippen LogP contribution in [-0.2, 0) is 16.6 Å². The smallest absolute Gasteiger partial charge is 0.329 e. The molecule has 8 heterocycles. The number of carbonyl (C=O) groups excluding carboxylic acids is 3. The lowest BCUT2D eigenvalue weighted by Crippen LogP contribution is -2.45. The fourth-order valence-electron chi connectivity index (χ4n) is 9.67. The van der Waals surface area contributed by atoms with Crippen molar-refractivity contribution in [1.29, 1.82) is 0 Å². The molecule has 3 aromatic heterocycles. The topological polar surface area (TPSA) is 137 Å². The van der Waals surface area contributed by atoms with Crippen molar-refractivity contribution in [1.82, 2.24) is 29.7 Å². The molecule has 5 aromatic rings. The van der Waals surface area contributed by atoms with Crippen LogP contribution in [0.25, 0.3) is 32.0 Å². The van der Waals surface area contributed by atoms with Crippen molar-refractivity contribution in [3.63, 3.8) is 0 Å². The van der Waals surface area contributed by atoms with Gasteiger partial charge >= 0.3 is 5.69 Å². The Morgan fingerprint density at radius 2 is 1.66 bits per heavy atom. The first-order valence-electron chi connectivity index (χ1n) is 18.9. The first kappa shape index (κ1) is 32.7. The molecule has 13 nitrogen and oxygen atoms in total. The van der Waals surface area contributed by atoms with Crippen LogP contribution in [-0.4, -0.2) is 94.6 Å². The number of pyridine rings is 1. The highest BCUT2D eigenvalue weighted by atomic mass is 32.1. The van der Waals surface area contributed by atoms with Gasteiger partial charge in [0, 0.05) is 92.5 Å². The van der Waals surface area contributed by atoms with E-state index in [0.717, 1.165) is 106 Å². The summed E-state index contributed by atoms with van der Waals surface area (Å²) >= 11 is 1.54. The first-order valence-corrected chi connectivity index (χ1v) is 19.7. The van der Waals surface area contributed by atoms with Crippen molar-refractivity contribution in [3.05, 3.63) is 57.8 Å². The summed E-state index contributed by atoms with van der Waals surface area (Å²) in [5, 5.41) is 11.2. The Labute approximate surface area is 309 Å². The number of carbonyl (C=O) groups is 3. The van der Waals surface area contributed by atoms with Crippen LogP contribution in [0.3, 0.4) is 0 Å². The van der Waals surface area contributed by atoms with E-state index in [1.807, 2.05) is 13.0 Å². The predicted molar refractivity (Wildman–Crippen MR) is 207 cm³/mol. The van der Waals surface area contributed by atoms with E-state index in [1.54, 1.807) is 27.5 Å². The fourth-order valence-corrected chi connectivity index (χ4v) is 10.8. The average Bonchev–Trinajstić information content (AvgIpc) is 3.89. The predicted octanol–water partition coefficient (Wildman–Crippen LogP) is 3.66. The van der Waals surface area contributed by atoms with Crippen LogP contribution in [0.5, 0.6) is 0 Å². The highest BCUT2D eigenvalue weighted by Gasteiger charge is 2.43. The van der Waals surface area contributed by atoms with Crippen molar-refractivity contribution in [3.8, 4) is 0 Å². The van der Waals surface area contributed by atoms with Crippen molar-refractivity contribution in [2.24, 2.45) is 18.9 Å². The number of aryl methyl sites for hydroxylation is 1. The molecule has 14 heteroatoms. The summed E-state index contributed by atoms with van der Waals surface area (Å²) in [6.45, 7) is 8.88. The number of nitrogens with zero attached hydrogens (tertiary/aromatic N) is 6. The number of hydrogen-bond donors (Lipinski definition) is 3. The third-order valence-electron chi connectivity index (χ3n) is 12.5. The molecule has 4 saturated heterocycles. The van der Waals surface area contributed by atoms with Crippen LogP contribution >= 0.6 is 11.3 Å². The number of likely N-dealkylation sites (tertiary alicyclic amines) is 1. The maximum absolute atomic E-state index is 13.3. The van der Waals surface area contributed by atoms with Gasteiger partial charge in [-0.25, -0.2) is 9.78 Å². The lowest BCUT2D eigenvalue weighted by molar-refractivity contribution is -0.135. The summed E-state index contributed by atoms with van der Waals surface area (Å²) < 4.78 is 4.27. The van der Waals surface area contributed by atoms with Crippen LogP contribution in [0.2, 0.25) is 0 Å². The van der Waals surface area contributed by atoms with E-state index in [0.29, 0.717) is 30.8 Å². The van der Waals surface area contributed by atoms with Crippen molar-refractivity contribution in [2.45, 2.75) is 50.7 Å². The molecule has 3 N–H and O–H groups in total. The lowest BCUT2D eigenvalue weighted by atomic mass is 10.0. The zero-order chi connectivity index (χ0) is 36.1. The molecule has 0 bridgehead atoms. The zero-order valence-electron chi connectivity index (χ0n) is 29.9. The number of nitrogens with one attached hydrogen (secondary N) is 3. The number of aromatic nitrogens is 3. The van der Waals surface area contributed by atoms with Crippen LogP contribution in [0, 0.1) is 11.8 Å².